The molecule has 3 aromatic carbocycles. The van der Waals surface area contributed by atoms with Gasteiger partial charge in [-0.05, 0) is 41.1 Å². The van der Waals surface area contributed by atoms with Crippen LogP contribution in [0.4, 0.5) is 0 Å². The second-order valence-electron chi connectivity index (χ2n) is 4.07. The van der Waals surface area contributed by atoms with Crippen LogP contribution in [-0.4, -0.2) is 0 Å². The molecule has 0 nitrogen and oxygen atoms in total. The minimum atomic E-state index is 1.04. The van der Waals surface area contributed by atoms with Crippen molar-refractivity contribution in [3.05, 3.63) is 83.9 Å². The Bertz CT molecular complexity index is 723. The Labute approximate surface area is 107 Å². The third kappa shape index (κ3) is 2.12. The number of hydrogen-bond acceptors (Lipinski definition) is 0. The fourth-order valence-electron chi connectivity index (χ4n) is 1.93. The zero-order valence-electron chi connectivity index (χ0n) is 9.85. The van der Waals surface area contributed by atoms with Crippen LogP contribution in [-0.2, 0) is 0 Å². The Balaban J connectivity index is 2.09. The van der Waals surface area contributed by atoms with E-state index in [0.717, 1.165) is 11.1 Å². The fourth-order valence-corrected chi connectivity index (χ4v) is 1.93. The third-order valence-electron chi connectivity index (χ3n) is 2.84. The van der Waals surface area contributed by atoms with Crippen LogP contribution in [0.25, 0.3) is 10.8 Å². The highest BCUT2D eigenvalue weighted by Gasteiger charge is 1.96. The Morgan fingerprint density at radius 2 is 1.67 bits per heavy atom. The molecule has 83 valence electrons. The zero-order valence-corrected chi connectivity index (χ0v) is 9.85. The molecule has 3 aromatic rings. The summed E-state index contributed by atoms with van der Waals surface area (Å²) in [4.78, 5) is 0. The van der Waals surface area contributed by atoms with E-state index >= 15 is 0 Å². The van der Waals surface area contributed by atoms with Crippen LogP contribution in [0.1, 0.15) is 11.1 Å². The van der Waals surface area contributed by atoms with Crippen LogP contribution in [0.5, 0.6) is 0 Å². The summed E-state index contributed by atoms with van der Waals surface area (Å²) >= 11 is 0. The smallest absolute Gasteiger partial charge is 0.0327 e. The highest BCUT2D eigenvalue weighted by molar-refractivity contribution is 5.88. The van der Waals surface area contributed by atoms with Gasteiger partial charge < -0.3 is 0 Å². The van der Waals surface area contributed by atoms with Gasteiger partial charge in [-0.3, -0.25) is 0 Å². The Hall–Kier alpha value is -2.52. The normalized spacial score (nSPS) is 9.78. The van der Waals surface area contributed by atoms with Crippen LogP contribution in [0.2, 0.25) is 0 Å². The van der Waals surface area contributed by atoms with Gasteiger partial charge in [0.25, 0.3) is 0 Å². The van der Waals surface area contributed by atoms with E-state index in [0.29, 0.717) is 0 Å². The molecule has 0 aromatic heterocycles. The molecule has 0 heterocycles. The highest BCUT2D eigenvalue weighted by atomic mass is 14.0. The van der Waals surface area contributed by atoms with E-state index in [4.69, 9.17) is 0 Å². The van der Waals surface area contributed by atoms with Crippen molar-refractivity contribution >= 4 is 10.8 Å². The van der Waals surface area contributed by atoms with Gasteiger partial charge in [0, 0.05) is 11.1 Å². The topological polar surface area (TPSA) is 0 Å². The Kier molecular flexibility index (Phi) is 2.82. The summed E-state index contributed by atoms with van der Waals surface area (Å²) in [7, 11) is 0. The molecule has 1 radical (unpaired) electrons. The van der Waals surface area contributed by atoms with Crippen molar-refractivity contribution in [3.8, 4) is 11.8 Å². The minimum absolute atomic E-state index is 1.04. The average molecular weight is 227 g/mol. The van der Waals surface area contributed by atoms with Gasteiger partial charge in [-0.1, -0.05) is 54.3 Å². The van der Waals surface area contributed by atoms with Gasteiger partial charge in [0.1, 0.15) is 0 Å². The van der Waals surface area contributed by atoms with Gasteiger partial charge in [0.05, 0.1) is 0 Å². The van der Waals surface area contributed by atoms with E-state index < -0.39 is 0 Å². The van der Waals surface area contributed by atoms with Gasteiger partial charge in [0.15, 0.2) is 0 Å². The number of benzene rings is 3. The molecule has 0 aliphatic heterocycles. The van der Waals surface area contributed by atoms with Crippen LogP contribution in [0.3, 0.4) is 0 Å². The summed E-state index contributed by atoms with van der Waals surface area (Å²) in [5.41, 5.74) is 2.10. The molecule has 0 aliphatic carbocycles. The van der Waals surface area contributed by atoms with Crippen molar-refractivity contribution < 1.29 is 0 Å². The zero-order chi connectivity index (χ0) is 12.2. The molecular weight excluding hydrogens is 216 g/mol. The summed E-state index contributed by atoms with van der Waals surface area (Å²) < 4.78 is 0. The molecule has 0 amide bonds. The summed E-state index contributed by atoms with van der Waals surface area (Å²) in [5, 5.41) is 2.36. The van der Waals surface area contributed by atoms with E-state index in [2.05, 4.69) is 36.1 Å². The van der Waals surface area contributed by atoms with Gasteiger partial charge in [0.2, 0.25) is 0 Å². The van der Waals surface area contributed by atoms with Crippen molar-refractivity contribution in [2.45, 2.75) is 0 Å². The lowest BCUT2D eigenvalue weighted by atomic mass is 10.0. The predicted octanol–water partition coefficient (Wildman–Crippen LogP) is 4.04. The van der Waals surface area contributed by atoms with Crippen molar-refractivity contribution in [2.24, 2.45) is 0 Å². The van der Waals surface area contributed by atoms with Crippen LogP contribution in [0.15, 0.2) is 66.7 Å². The second-order valence-corrected chi connectivity index (χ2v) is 4.07. The Morgan fingerprint density at radius 1 is 0.778 bits per heavy atom. The van der Waals surface area contributed by atoms with E-state index in [1.165, 1.54) is 10.8 Å². The summed E-state index contributed by atoms with van der Waals surface area (Å²) in [6.07, 6.45) is 0. The number of fused-ring (bicyclic) bond motifs is 1. The van der Waals surface area contributed by atoms with Gasteiger partial charge >= 0.3 is 0 Å². The summed E-state index contributed by atoms with van der Waals surface area (Å²) in [5.74, 6) is 6.43. The van der Waals surface area contributed by atoms with E-state index in [-0.39, 0.29) is 0 Å². The lowest BCUT2D eigenvalue weighted by molar-refractivity contribution is 1.64. The highest BCUT2D eigenvalue weighted by Crippen LogP contribution is 2.17. The predicted molar refractivity (Wildman–Crippen MR) is 75.2 cm³/mol. The first-order valence-corrected chi connectivity index (χ1v) is 5.89. The largest absolute Gasteiger partial charge is 0.0622 e. The van der Waals surface area contributed by atoms with Crippen LogP contribution >= 0.6 is 0 Å². The molecule has 0 bridgehead atoms. The van der Waals surface area contributed by atoms with E-state index in [1.807, 2.05) is 48.5 Å². The maximum atomic E-state index is 3.24. The molecule has 0 saturated heterocycles. The molecule has 0 aliphatic rings. The standard InChI is InChI=1S/C18H11/c1-2-7-15(8-3-1)13-14-17-11-6-10-16-9-4-5-12-18(16)17/h1-3,5-12H. The first-order valence-electron chi connectivity index (χ1n) is 5.89. The van der Waals surface area contributed by atoms with Crippen LogP contribution < -0.4 is 0 Å². The minimum Gasteiger partial charge on any atom is -0.0622 e. The number of rotatable bonds is 0. The molecule has 3 rings (SSSR count). The molecule has 0 fully saturated rings. The van der Waals surface area contributed by atoms with Gasteiger partial charge in [-0.2, -0.15) is 0 Å². The lowest BCUT2D eigenvalue weighted by Gasteiger charge is -1.99. The molecule has 0 heteroatoms. The fraction of sp³-hybridized carbons (Fsp3) is 0. The molecule has 0 saturated carbocycles. The molecule has 18 heavy (non-hydrogen) atoms. The Morgan fingerprint density at radius 3 is 2.56 bits per heavy atom. The van der Waals surface area contributed by atoms with Crippen LogP contribution in [0, 0.1) is 17.9 Å². The monoisotopic (exact) mass is 227 g/mol. The molecule has 0 N–H and O–H groups in total. The van der Waals surface area contributed by atoms with Crippen molar-refractivity contribution in [2.75, 3.05) is 0 Å². The first kappa shape index (κ1) is 10.6. The van der Waals surface area contributed by atoms with Gasteiger partial charge in [-0.25, -0.2) is 0 Å². The third-order valence-corrected chi connectivity index (χ3v) is 2.84. The van der Waals surface area contributed by atoms with Crippen molar-refractivity contribution in [3.63, 3.8) is 0 Å². The molecule has 0 unspecified atom stereocenters. The maximum absolute atomic E-state index is 3.24. The SMILES string of the molecule is C(#Cc1cccc2c[c]ccc12)c1ccccc1. The van der Waals surface area contributed by atoms with Crippen molar-refractivity contribution in [1.29, 1.82) is 0 Å². The van der Waals surface area contributed by atoms with E-state index in [1.54, 1.807) is 0 Å². The quantitative estimate of drug-likeness (QED) is 0.508. The van der Waals surface area contributed by atoms with Gasteiger partial charge in [-0.15, -0.1) is 0 Å². The molecule has 0 atom stereocenters. The summed E-state index contributed by atoms with van der Waals surface area (Å²) in [6, 6.07) is 25.3. The molecular formula is C18H11. The lowest BCUT2D eigenvalue weighted by Crippen LogP contribution is -1.79. The average Bonchev–Trinajstić information content (AvgIpc) is 2.46. The second kappa shape index (κ2) is 4.77. The summed E-state index contributed by atoms with van der Waals surface area (Å²) in [6.45, 7) is 0. The molecule has 0 spiro atoms. The first-order chi connectivity index (χ1) is 8.93. The van der Waals surface area contributed by atoms with E-state index in [9.17, 15) is 0 Å². The maximum Gasteiger partial charge on any atom is 0.0327 e. The number of hydrogen-bond donors (Lipinski definition) is 0. The van der Waals surface area contributed by atoms with Crippen molar-refractivity contribution in [1.82, 2.24) is 0 Å².